The molecule has 1 fully saturated rings. The van der Waals surface area contributed by atoms with Gasteiger partial charge in [0.2, 0.25) is 0 Å². The summed E-state index contributed by atoms with van der Waals surface area (Å²) in [6.45, 7) is 4.68. The molecule has 0 aliphatic heterocycles. The van der Waals surface area contributed by atoms with Crippen molar-refractivity contribution < 1.29 is 0 Å². The van der Waals surface area contributed by atoms with Gasteiger partial charge in [-0.2, -0.15) is 0 Å². The first-order chi connectivity index (χ1) is 9.07. The van der Waals surface area contributed by atoms with Crippen molar-refractivity contribution >= 4 is 11.3 Å². The number of nitrogens with two attached hydrogens (primary N) is 1. The molecule has 1 aliphatic carbocycles. The van der Waals surface area contributed by atoms with Crippen LogP contribution in [0, 0.1) is 5.41 Å². The minimum atomic E-state index is 0.237. The van der Waals surface area contributed by atoms with Gasteiger partial charge in [-0.1, -0.05) is 19.9 Å². The molecule has 102 valence electrons. The molecule has 2 aromatic rings. The summed E-state index contributed by atoms with van der Waals surface area (Å²) in [4.78, 5) is 5.76. The Morgan fingerprint density at radius 3 is 3.05 bits per heavy atom. The molecule has 19 heavy (non-hydrogen) atoms. The predicted octanol–water partition coefficient (Wildman–Crippen LogP) is 3.69. The molecular formula is C15H21N3S. The molecule has 0 radical (unpaired) electrons. The summed E-state index contributed by atoms with van der Waals surface area (Å²) in [7, 11) is 0. The molecule has 0 bridgehead atoms. The van der Waals surface area contributed by atoms with Gasteiger partial charge < -0.3 is 10.3 Å². The zero-order valence-electron chi connectivity index (χ0n) is 11.5. The third-order valence-electron chi connectivity index (χ3n) is 4.18. The average molecular weight is 275 g/mol. The number of hydrogen-bond donors (Lipinski definition) is 1. The summed E-state index contributed by atoms with van der Waals surface area (Å²) in [5.41, 5.74) is 6.74. The van der Waals surface area contributed by atoms with E-state index in [-0.39, 0.29) is 6.04 Å². The molecular weight excluding hydrogens is 254 g/mol. The normalized spacial score (nSPS) is 26.5. The second kappa shape index (κ2) is 4.76. The van der Waals surface area contributed by atoms with Gasteiger partial charge in [-0.15, -0.1) is 11.3 Å². The van der Waals surface area contributed by atoms with Crippen LogP contribution in [0.3, 0.4) is 0 Å². The van der Waals surface area contributed by atoms with Gasteiger partial charge in [-0.3, -0.25) is 0 Å². The van der Waals surface area contributed by atoms with Crippen LogP contribution >= 0.6 is 11.3 Å². The summed E-state index contributed by atoms with van der Waals surface area (Å²) < 4.78 is 2.29. The molecule has 0 amide bonds. The van der Waals surface area contributed by atoms with E-state index in [1.54, 1.807) is 11.3 Å². The summed E-state index contributed by atoms with van der Waals surface area (Å²) in [5.74, 6) is 1.06. The highest BCUT2D eigenvalue weighted by molar-refractivity contribution is 7.13. The fraction of sp³-hybridized carbons (Fsp3) is 0.533. The highest BCUT2D eigenvalue weighted by atomic mass is 32.1. The second-order valence-electron chi connectivity index (χ2n) is 6.27. The van der Waals surface area contributed by atoms with Crippen LogP contribution < -0.4 is 5.73 Å². The zero-order chi connectivity index (χ0) is 13.5. The van der Waals surface area contributed by atoms with E-state index < -0.39 is 0 Å². The molecule has 2 heterocycles. The standard InChI is InChI=1S/C15H21N3S/c1-15(2)6-5-11(16)12(10-15)18-8-7-17-14(18)13-4-3-9-19-13/h3-4,7-9,11-12H,5-6,10,16H2,1-2H3. The second-order valence-corrected chi connectivity index (χ2v) is 7.22. The van der Waals surface area contributed by atoms with Crippen LogP contribution in [0.4, 0.5) is 0 Å². The van der Waals surface area contributed by atoms with Crippen molar-refractivity contribution in [3.63, 3.8) is 0 Å². The van der Waals surface area contributed by atoms with Crippen LogP contribution in [-0.2, 0) is 0 Å². The number of rotatable bonds is 2. The lowest BCUT2D eigenvalue weighted by Gasteiger charge is -2.40. The first-order valence-electron chi connectivity index (χ1n) is 6.89. The van der Waals surface area contributed by atoms with Gasteiger partial charge in [-0.05, 0) is 36.1 Å². The molecule has 2 N–H and O–H groups in total. The van der Waals surface area contributed by atoms with E-state index in [4.69, 9.17) is 5.73 Å². The molecule has 1 saturated carbocycles. The van der Waals surface area contributed by atoms with Gasteiger partial charge in [0.25, 0.3) is 0 Å². The maximum Gasteiger partial charge on any atom is 0.150 e. The molecule has 0 aromatic carbocycles. The van der Waals surface area contributed by atoms with E-state index in [0.29, 0.717) is 11.5 Å². The van der Waals surface area contributed by atoms with Crippen LogP contribution in [0.15, 0.2) is 29.9 Å². The van der Waals surface area contributed by atoms with E-state index in [9.17, 15) is 0 Å². The maximum atomic E-state index is 6.37. The Bertz CT molecular complexity index is 542. The predicted molar refractivity (Wildman–Crippen MR) is 80.2 cm³/mol. The van der Waals surface area contributed by atoms with E-state index in [1.807, 2.05) is 6.20 Å². The van der Waals surface area contributed by atoms with E-state index in [2.05, 4.69) is 47.1 Å². The zero-order valence-corrected chi connectivity index (χ0v) is 12.4. The van der Waals surface area contributed by atoms with Crippen LogP contribution in [0.2, 0.25) is 0 Å². The smallest absolute Gasteiger partial charge is 0.150 e. The summed E-state index contributed by atoms with van der Waals surface area (Å²) in [6.07, 6.45) is 7.42. The minimum absolute atomic E-state index is 0.237. The number of aromatic nitrogens is 2. The summed E-state index contributed by atoms with van der Waals surface area (Å²) in [5, 5.41) is 2.10. The molecule has 3 rings (SSSR count). The third kappa shape index (κ3) is 2.47. The Morgan fingerprint density at radius 2 is 2.32 bits per heavy atom. The highest BCUT2D eigenvalue weighted by Gasteiger charge is 2.34. The fourth-order valence-corrected chi connectivity index (χ4v) is 3.78. The SMILES string of the molecule is CC1(C)CCC(N)C(n2ccnc2-c2cccs2)C1. The largest absolute Gasteiger partial charge is 0.326 e. The van der Waals surface area contributed by atoms with Crippen LogP contribution in [0.25, 0.3) is 10.7 Å². The fourth-order valence-electron chi connectivity index (χ4n) is 3.05. The Kier molecular flexibility index (Phi) is 3.23. The molecule has 2 atom stereocenters. The lowest BCUT2D eigenvalue weighted by Crippen LogP contribution is -2.40. The summed E-state index contributed by atoms with van der Waals surface area (Å²) >= 11 is 1.74. The maximum absolute atomic E-state index is 6.37. The van der Waals surface area contributed by atoms with Gasteiger partial charge in [-0.25, -0.2) is 4.98 Å². The third-order valence-corrected chi connectivity index (χ3v) is 5.04. The first-order valence-corrected chi connectivity index (χ1v) is 7.77. The highest BCUT2D eigenvalue weighted by Crippen LogP contribution is 2.41. The quantitative estimate of drug-likeness (QED) is 0.908. The van der Waals surface area contributed by atoms with Crippen molar-refractivity contribution in [1.82, 2.24) is 9.55 Å². The molecule has 2 unspecified atom stereocenters. The topological polar surface area (TPSA) is 43.8 Å². The molecule has 0 spiro atoms. The molecule has 0 saturated heterocycles. The van der Waals surface area contributed by atoms with Gasteiger partial charge in [0.15, 0.2) is 0 Å². The lowest BCUT2D eigenvalue weighted by molar-refractivity contribution is 0.162. The Hall–Kier alpha value is -1.13. The van der Waals surface area contributed by atoms with Crippen molar-refractivity contribution in [3.05, 3.63) is 29.9 Å². The van der Waals surface area contributed by atoms with E-state index in [1.165, 1.54) is 11.3 Å². The Morgan fingerprint density at radius 1 is 1.47 bits per heavy atom. The first kappa shape index (κ1) is 12.9. The Balaban J connectivity index is 1.96. The van der Waals surface area contributed by atoms with Crippen molar-refractivity contribution in [2.24, 2.45) is 11.1 Å². The minimum Gasteiger partial charge on any atom is -0.326 e. The summed E-state index contributed by atoms with van der Waals surface area (Å²) in [6, 6.07) is 4.80. The average Bonchev–Trinajstić information content (AvgIpc) is 3.01. The van der Waals surface area contributed by atoms with Crippen molar-refractivity contribution in [2.75, 3.05) is 0 Å². The van der Waals surface area contributed by atoms with E-state index in [0.717, 1.165) is 18.7 Å². The molecule has 4 heteroatoms. The number of imidazole rings is 1. The molecule has 1 aliphatic rings. The monoisotopic (exact) mass is 275 g/mol. The van der Waals surface area contributed by atoms with Crippen LogP contribution in [0.1, 0.15) is 39.2 Å². The molecule has 2 aromatic heterocycles. The lowest BCUT2D eigenvalue weighted by atomic mass is 9.73. The van der Waals surface area contributed by atoms with Crippen LogP contribution in [0.5, 0.6) is 0 Å². The van der Waals surface area contributed by atoms with Gasteiger partial charge in [0.05, 0.1) is 10.9 Å². The van der Waals surface area contributed by atoms with Gasteiger partial charge in [0, 0.05) is 18.4 Å². The Labute approximate surface area is 118 Å². The number of nitrogens with zero attached hydrogens (tertiary/aromatic N) is 2. The van der Waals surface area contributed by atoms with Crippen molar-refractivity contribution in [3.8, 4) is 10.7 Å². The van der Waals surface area contributed by atoms with E-state index >= 15 is 0 Å². The van der Waals surface area contributed by atoms with Gasteiger partial charge >= 0.3 is 0 Å². The number of thiophene rings is 1. The van der Waals surface area contributed by atoms with Crippen molar-refractivity contribution in [1.29, 1.82) is 0 Å². The molecule has 3 nitrogen and oxygen atoms in total. The van der Waals surface area contributed by atoms with Crippen molar-refractivity contribution in [2.45, 2.75) is 45.2 Å². The van der Waals surface area contributed by atoms with Gasteiger partial charge in [0.1, 0.15) is 5.82 Å². The van der Waals surface area contributed by atoms with Crippen LogP contribution in [-0.4, -0.2) is 15.6 Å². The number of hydrogen-bond acceptors (Lipinski definition) is 3.